The molecule has 1 amide bonds. The lowest BCUT2D eigenvalue weighted by molar-refractivity contribution is -0.143. The minimum Gasteiger partial charge on any atom is -0.396 e. The molecule has 2 heterocycles. The van der Waals surface area contributed by atoms with Gasteiger partial charge < -0.3 is 15.0 Å². The summed E-state index contributed by atoms with van der Waals surface area (Å²) in [5, 5.41) is 12.2. The Labute approximate surface area is 253 Å². The van der Waals surface area contributed by atoms with E-state index < -0.39 is 52.9 Å². The quantitative estimate of drug-likeness (QED) is 0.189. The van der Waals surface area contributed by atoms with Gasteiger partial charge in [0.15, 0.2) is 0 Å². The molecule has 0 fully saturated rings. The predicted octanol–water partition coefficient (Wildman–Crippen LogP) is 7.31. The Hall–Kier alpha value is -4.26. The van der Waals surface area contributed by atoms with Crippen molar-refractivity contribution in [3.05, 3.63) is 98.8 Å². The van der Waals surface area contributed by atoms with Crippen LogP contribution >= 0.6 is 0 Å². The zero-order valence-corrected chi connectivity index (χ0v) is 24.5. The molecule has 0 unspecified atom stereocenters. The van der Waals surface area contributed by atoms with Gasteiger partial charge in [-0.05, 0) is 65.8 Å². The first-order valence-electron chi connectivity index (χ1n) is 14.0. The number of aliphatic hydroxyl groups is 1. The third-order valence-corrected chi connectivity index (χ3v) is 7.34. The van der Waals surface area contributed by atoms with Gasteiger partial charge in [-0.2, -0.15) is 26.3 Å². The predicted molar refractivity (Wildman–Crippen MR) is 154 cm³/mol. The van der Waals surface area contributed by atoms with Crippen LogP contribution in [0.2, 0.25) is 0 Å². The summed E-state index contributed by atoms with van der Waals surface area (Å²) >= 11 is 0. The number of aromatic nitrogens is 2. The molecule has 0 aliphatic carbocycles. The fourth-order valence-electron chi connectivity index (χ4n) is 4.84. The number of halogens is 7. The second kappa shape index (κ2) is 13.0. The number of amides is 1. The summed E-state index contributed by atoms with van der Waals surface area (Å²) in [7, 11) is 0. The van der Waals surface area contributed by atoms with Crippen LogP contribution in [0.5, 0.6) is 0 Å². The monoisotopic (exact) mass is 637 g/mol. The number of rotatable bonds is 9. The van der Waals surface area contributed by atoms with Gasteiger partial charge >= 0.3 is 12.4 Å². The molecule has 13 heteroatoms. The van der Waals surface area contributed by atoms with E-state index in [0.29, 0.717) is 23.4 Å². The second-order valence-corrected chi connectivity index (χ2v) is 11.1. The number of alkyl halides is 6. The van der Waals surface area contributed by atoms with Crippen molar-refractivity contribution in [3.63, 3.8) is 0 Å². The highest BCUT2D eigenvalue weighted by atomic mass is 19.4. The first kappa shape index (κ1) is 33.6. The maximum absolute atomic E-state index is 13.9. The highest BCUT2D eigenvalue weighted by Gasteiger charge is 2.37. The topological polar surface area (TPSA) is 84.2 Å². The van der Waals surface area contributed by atoms with Gasteiger partial charge in [-0.1, -0.05) is 39.0 Å². The Balaban J connectivity index is 1.93. The molecule has 6 nitrogen and oxygen atoms in total. The van der Waals surface area contributed by atoms with Crippen molar-refractivity contribution in [2.45, 2.75) is 58.6 Å². The fraction of sp³-hybridized carbons (Fsp3) is 0.344. The lowest BCUT2D eigenvalue weighted by atomic mass is 9.96. The van der Waals surface area contributed by atoms with Gasteiger partial charge in [0.25, 0.3) is 11.5 Å². The molecule has 0 radical (unpaired) electrons. The standard InChI is InChI=1S/C32H30F7N3O3/c1-17(2)25-9-8-24-26(20-4-6-23(33)7-5-20)28(42(11-10-18(3)16-43)30(45)27(24)41-25)29(44)40-15-19-12-21(31(34,35)36)14-22(13-19)32(37,38)39/h4-9,12-14,17-18,43H,10-11,15-16H2,1-3H3,(H,40,44)/t18-/m1/s1. The average Bonchev–Trinajstić information content (AvgIpc) is 2.98. The Bertz CT molecular complexity index is 1730. The maximum atomic E-state index is 13.9. The van der Waals surface area contributed by atoms with Crippen molar-refractivity contribution in [1.82, 2.24) is 14.9 Å². The van der Waals surface area contributed by atoms with Crippen LogP contribution in [0, 0.1) is 11.7 Å². The Kier molecular flexibility index (Phi) is 9.71. The summed E-state index contributed by atoms with van der Waals surface area (Å²) in [6.45, 7) is 4.42. The summed E-state index contributed by atoms with van der Waals surface area (Å²) in [6, 6.07) is 9.30. The number of pyridine rings is 2. The molecule has 240 valence electrons. The third kappa shape index (κ3) is 7.52. The van der Waals surface area contributed by atoms with Crippen LogP contribution in [0.4, 0.5) is 30.7 Å². The SMILES string of the molecule is CC(C)c1ccc2c(-c3ccc(F)cc3)c(C(=O)NCc3cc(C(F)(F)F)cc(C(F)(F)F)c3)n(CC[C@@H](C)CO)c(=O)c2n1. The molecule has 2 N–H and O–H groups in total. The van der Waals surface area contributed by atoms with Gasteiger partial charge in [0.1, 0.15) is 17.0 Å². The largest absolute Gasteiger partial charge is 0.416 e. The molecule has 0 aliphatic heterocycles. The number of hydrogen-bond acceptors (Lipinski definition) is 4. The van der Waals surface area contributed by atoms with E-state index in [0.717, 1.165) is 16.7 Å². The van der Waals surface area contributed by atoms with E-state index in [-0.39, 0.29) is 59.6 Å². The zero-order chi connectivity index (χ0) is 33.3. The molecule has 4 aromatic rings. The molecule has 0 aliphatic rings. The molecule has 1 atom stereocenters. The van der Waals surface area contributed by atoms with Gasteiger partial charge in [-0.15, -0.1) is 0 Å². The van der Waals surface area contributed by atoms with Gasteiger partial charge in [-0.25, -0.2) is 9.37 Å². The molecule has 45 heavy (non-hydrogen) atoms. The summed E-state index contributed by atoms with van der Waals surface area (Å²) in [5.74, 6) is -1.91. The summed E-state index contributed by atoms with van der Waals surface area (Å²) in [6.07, 6.45) is -9.93. The highest BCUT2D eigenvalue weighted by molar-refractivity contribution is 6.07. The highest BCUT2D eigenvalue weighted by Crippen LogP contribution is 2.37. The summed E-state index contributed by atoms with van der Waals surface area (Å²) in [4.78, 5) is 32.3. The van der Waals surface area contributed by atoms with Crippen LogP contribution in [0.3, 0.4) is 0 Å². The number of hydrogen-bond donors (Lipinski definition) is 2. The van der Waals surface area contributed by atoms with Crippen LogP contribution in [0.25, 0.3) is 22.0 Å². The van der Waals surface area contributed by atoms with E-state index in [2.05, 4.69) is 10.3 Å². The lowest BCUT2D eigenvalue weighted by Crippen LogP contribution is -2.34. The molecule has 0 saturated heterocycles. The Morgan fingerprint density at radius 1 is 0.933 bits per heavy atom. The molecular weight excluding hydrogens is 607 g/mol. The Morgan fingerprint density at radius 2 is 1.53 bits per heavy atom. The third-order valence-electron chi connectivity index (χ3n) is 7.34. The average molecular weight is 638 g/mol. The molecule has 4 rings (SSSR count). The molecule has 0 bridgehead atoms. The first-order valence-corrected chi connectivity index (χ1v) is 14.0. The van der Waals surface area contributed by atoms with Crippen molar-refractivity contribution < 1.29 is 40.6 Å². The van der Waals surface area contributed by atoms with E-state index >= 15 is 0 Å². The number of fused-ring (bicyclic) bond motifs is 1. The normalized spacial score (nSPS) is 13.0. The number of carbonyl (C=O) groups excluding carboxylic acids is 1. The smallest absolute Gasteiger partial charge is 0.396 e. The van der Waals surface area contributed by atoms with Crippen molar-refractivity contribution in [3.8, 4) is 11.1 Å². The van der Waals surface area contributed by atoms with Crippen molar-refractivity contribution in [1.29, 1.82) is 0 Å². The number of aliphatic hydroxyl groups excluding tert-OH is 1. The van der Waals surface area contributed by atoms with Crippen molar-refractivity contribution in [2.24, 2.45) is 5.92 Å². The van der Waals surface area contributed by atoms with E-state index in [1.54, 1.807) is 19.1 Å². The number of nitrogens with one attached hydrogen (secondary N) is 1. The van der Waals surface area contributed by atoms with Crippen LogP contribution < -0.4 is 10.9 Å². The fourth-order valence-corrected chi connectivity index (χ4v) is 4.84. The van der Waals surface area contributed by atoms with Gasteiger partial charge in [0, 0.05) is 36.3 Å². The number of benzene rings is 2. The van der Waals surface area contributed by atoms with E-state index in [4.69, 9.17) is 0 Å². The summed E-state index contributed by atoms with van der Waals surface area (Å²) < 4.78 is 95.6. The minimum atomic E-state index is -5.08. The lowest BCUT2D eigenvalue weighted by Gasteiger charge is -2.21. The maximum Gasteiger partial charge on any atom is 0.416 e. The molecule has 0 saturated carbocycles. The Morgan fingerprint density at radius 3 is 2.07 bits per heavy atom. The number of nitrogens with zero attached hydrogens (tertiary/aromatic N) is 2. The van der Waals surface area contributed by atoms with Crippen LogP contribution in [-0.4, -0.2) is 27.2 Å². The molecule has 2 aromatic carbocycles. The number of carbonyl (C=O) groups is 1. The molecule has 0 spiro atoms. The minimum absolute atomic E-state index is 0.0142. The van der Waals surface area contributed by atoms with Crippen molar-refractivity contribution >= 4 is 16.8 Å². The van der Waals surface area contributed by atoms with E-state index in [1.165, 1.54) is 12.1 Å². The zero-order valence-electron chi connectivity index (χ0n) is 24.5. The van der Waals surface area contributed by atoms with Crippen LogP contribution in [0.15, 0.2) is 59.4 Å². The molecule has 2 aromatic heterocycles. The summed E-state index contributed by atoms with van der Waals surface area (Å²) in [5.41, 5.74) is -3.38. The van der Waals surface area contributed by atoms with Gasteiger partial charge in [0.05, 0.1) is 11.1 Å². The van der Waals surface area contributed by atoms with Gasteiger partial charge in [-0.3, -0.25) is 9.59 Å². The van der Waals surface area contributed by atoms with Crippen molar-refractivity contribution in [2.75, 3.05) is 6.61 Å². The van der Waals surface area contributed by atoms with E-state index in [1.807, 2.05) is 13.8 Å². The van der Waals surface area contributed by atoms with Gasteiger partial charge in [0.2, 0.25) is 0 Å². The van der Waals surface area contributed by atoms with E-state index in [9.17, 15) is 45.4 Å². The van der Waals surface area contributed by atoms with Crippen LogP contribution in [0.1, 0.15) is 66.0 Å². The first-order chi connectivity index (χ1) is 21.0. The second-order valence-electron chi connectivity index (χ2n) is 11.1. The van der Waals surface area contributed by atoms with Crippen LogP contribution in [-0.2, 0) is 25.4 Å². The molecular formula is C32H30F7N3O3.